The van der Waals surface area contributed by atoms with Crippen molar-refractivity contribution in [3.05, 3.63) is 28.8 Å². The van der Waals surface area contributed by atoms with E-state index in [1.165, 1.54) is 37.2 Å². The molecule has 0 unspecified atom stereocenters. The summed E-state index contributed by atoms with van der Waals surface area (Å²) >= 11 is 6.33. The van der Waals surface area contributed by atoms with Crippen molar-refractivity contribution in [2.24, 2.45) is 5.73 Å². The van der Waals surface area contributed by atoms with Crippen LogP contribution in [0.3, 0.4) is 0 Å². The molecule has 0 bridgehead atoms. The van der Waals surface area contributed by atoms with Gasteiger partial charge < -0.3 is 10.6 Å². The molecule has 2 nitrogen and oxygen atoms in total. The largest absolute Gasteiger partial charge is 0.371 e. The minimum atomic E-state index is 0.767. The van der Waals surface area contributed by atoms with Crippen LogP contribution in [0.4, 0.5) is 5.69 Å². The van der Waals surface area contributed by atoms with E-state index in [1.807, 2.05) is 6.07 Å². The number of hydrogen-bond donors (Lipinski definition) is 1. The first-order valence-electron chi connectivity index (χ1n) is 6.55. The number of rotatable bonds is 5. The van der Waals surface area contributed by atoms with E-state index in [2.05, 4.69) is 17.0 Å². The molecule has 94 valence electrons. The highest BCUT2D eigenvalue weighted by atomic mass is 35.5. The van der Waals surface area contributed by atoms with E-state index in [0.717, 1.165) is 30.8 Å². The third-order valence-corrected chi connectivity index (χ3v) is 3.78. The lowest BCUT2D eigenvalue weighted by molar-refractivity contribution is 0.742. The van der Waals surface area contributed by atoms with Gasteiger partial charge in [0.05, 0.1) is 0 Å². The Hall–Kier alpha value is -0.730. The van der Waals surface area contributed by atoms with E-state index in [4.69, 9.17) is 17.3 Å². The van der Waals surface area contributed by atoms with E-state index in [0.29, 0.717) is 0 Å². The van der Waals surface area contributed by atoms with Gasteiger partial charge in [0.25, 0.3) is 0 Å². The van der Waals surface area contributed by atoms with Crippen LogP contribution in [0.25, 0.3) is 0 Å². The second-order valence-corrected chi connectivity index (χ2v) is 5.08. The molecule has 0 saturated carbocycles. The van der Waals surface area contributed by atoms with Gasteiger partial charge in [-0.1, -0.05) is 17.7 Å². The van der Waals surface area contributed by atoms with Crippen LogP contribution < -0.4 is 10.6 Å². The van der Waals surface area contributed by atoms with Crippen LogP contribution >= 0.6 is 11.6 Å². The summed E-state index contributed by atoms with van der Waals surface area (Å²) in [5, 5.41) is 0.909. The fraction of sp³-hybridized carbons (Fsp3) is 0.571. The van der Waals surface area contributed by atoms with Crippen molar-refractivity contribution in [3.8, 4) is 0 Å². The Morgan fingerprint density at radius 1 is 1.18 bits per heavy atom. The normalized spacial score (nSPS) is 15.5. The Balaban J connectivity index is 2.15. The molecule has 0 aliphatic carbocycles. The standard InChI is InChI=1S/C14H21ClN2/c15-13-7-5-8-14(17-10-3-4-11-17)12(13)6-1-2-9-16/h5,7-8H,1-4,6,9-11,16H2. The van der Waals surface area contributed by atoms with Gasteiger partial charge in [-0.3, -0.25) is 0 Å². The summed E-state index contributed by atoms with van der Waals surface area (Å²) in [7, 11) is 0. The lowest BCUT2D eigenvalue weighted by Gasteiger charge is -2.22. The molecule has 0 radical (unpaired) electrons. The molecule has 1 aromatic carbocycles. The highest BCUT2D eigenvalue weighted by molar-refractivity contribution is 6.31. The highest BCUT2D eigenvalue weighted by Crippen LogP contribution is 2.31. The Kier molecular flexibility index (Phi) is 4.69. The zero-order valence-corrected chi connectivity index (χ0v) is 11.0. The van der Waals surface area contributed by atoms with E-state index in [9.17, 15) is 0 Å². The van der Waals surface area contributed by atoms with Gasteiger partial charge in [-0.25, -0.2) is 0 Å². The van der Waals surface area contributed by atoms with Gasteiger partial charge in [0.1, 0.15) is 0 Å². The molecule has 2 N–H and O–H groups in total. The summed E-state index contributed by atoms with van der Waals surface area (Å²) in [5.41, 5.74) is 8.20. The average Bonchev–Trinajstić information content (AvgIpc) is 2.85. The molecular weight excluding hydrogens is 232 g/mol. The fourth-order valence-electron chi connectivity index (χ4n) is 2.50. The van der Waals surface area contributed by atoms with Gasteiger partial charge in [0.2, 0.25) is 0 Å². The molecule has 0 atom stereocenters. The maximum absolute atomic E-state index is 6.33. The molecule has 1 aliphatic heterocycles. The van der Waals surface area contributed by atoms with Gasteiger partial charge >= 0.3 is 0 Å². The molecule has 1 saturated heterocycles. The summed E-state index contributed by atoms with van der Waals surface area (Å²) in [6.07, 6.45) is 5.85. The van der Waals surface area contributed by atoms with Gasteiger partial charge in [0, 0.05) is 23.8 Å². The van der Waals surface area contributed by atoms with Crippen molar-refractivity contribution in [1.29, 1.82) is 0 Å². The molecule has 3 heteroatoms. The number of anilines is 1. The van der Waals surface area contributed by atoms with Crippen molar-refractivity contribution < 1.29 is 0 Å². The predicted octanol–water partition coefficient (Wildman–Crippen LogP) is 3.22. The fourth-order valence-corrected chi connectivity index (χ4v) is 2.76. The predicted molar refractivity (Wildman–Crippen MR) is 74.9 cm³/mol. The Morgan fingerprint density at radius 3 is 2.65 bits per heavy atom. The molecule has 0 aromatic heterocycles. The summed E-state index contributed by atoms with van der Waals surface area (Å²) < 4.78 is 0. The van der Waals surface area contributed by atoms with Crippen LogP contribution in [-0.4, -0.2) is 19.6 Å². The number of hydrogen-bond acceptors (Lipinski definition) is 2. The highest BCUT2D eigenvalue weighted by Gasteiger charge is 2.16. The van der Waals surface area contributed by atoms with Crippen molar-refractivity contribution in [1.82, 2.24) is 0 Å². The molecule has 1 aliphatic rings. The molecule has 17 heavy (non-hydrogen) atoms. The van der Waals surface area contributed by atoms with Crippen LogP contribution in [0.2, 0.25) is 5.02 Å². The SMILES string of the molecule is NCCCCc1c(Cl)cccc1N1CCCC1. The molecule has 0 amide bonds. The molecule has 0 spiro atoms. The Morgan fingerprint density at radius 2 is 1.94 bits per heavy atom. The van der Waals surface area contributed by atoms with Crippen molar-refractivity contribution in [3.63, 3.8) is 0 Å². The summed E-state index contributed by atoms with van der Waals surface area (Å²) in [6, 6.07) is 6.26. The zero-order valence-electron chi connectivity index (χ0n) is 10.3. The van der Waals surface area contributed by atoms with Crippen LogP contribution in [0.5, 0.6) is 0 Å². The van der Waals surface area contributed by atoms with Crippen LogP contribution in [0, 0.1) is 0 Å². The van der Waals surface area contributed by atoms with E-state index >= 15 is 0 Å². The number of benzene rings is 1. The summed E-state index contributed by atoms with van der Waals surface area (Å²) in [4.78, 5) is 2.46. The van der Waals surface area contributed by atoms with E-state index < -0.39 is 0 Å². The smallest absolute Gasteiger partial charge is 0.0458 e. The lowest BCUT2D eigenvalue weighted by Crippen LogP contribution is -2.19. The molecule has 1 heterocycles. The second-order valence-electron chi connectivity index (χ2n) is 4.68. The average molecular weight is 253 g/mol. The molecular formula is C14H21ClN2. The van der Waals surface area contributed by atoms with Gasteiger partial charge in [0.15, 0.2) is 0 Å². The van der Waals surface area contributed by atoms with E-state index in [-0.39, 0.29) is 0 Å². The minimum absolute atomic E-state index is 0.767. The van der Waals surface area contributed by atoms with E-state index in [1.54, 1.807) is 0 Å². The number of nitrogens with zero attached hydrogens (tertiary/aromatic N) is 1. The van der Waals surface area contributed by atoms with Gasteiger partial charge in [-0.2, -0.15) is 0 Å². The van der Waals surface area contributed by atoms with Crippen LogP contribution in [0.15, 0.2) is 18.2 Å². The maximum atomic E-state index is 6.33. The first-order chi connectivity index (χ1) is 8.33. The molecule has 1 fully saturated rings. The van der Waals surface area contributed by atoms with Crippen LogP contribution in [0.1, 0.15) is 31.2 Å². The maximum Gasteiger partial charge on any atom is 0.0458 e. The van der Waals surface area contributed by atoms with Crippen LogP contribution in [-0.2, 0) is 6.42 Å². The van der Waals surface area contributed by atoms with Crippen molar-refractivity contribution in [2.75, 3.05) is 24.5 Å². The van der Waals surface area contributed by atoms with Crippen molar-refractivity contribution >= 4 is 17.3 Å². The topological polar surface area (TPSA) is 29.3 Å². The summed E-state index contributed by atoms with van der Waals surface area (Å²) in [6.45, 7) is 3.11. The third-order valence-electron chi connectivity index (χ3n) is 3.42. The quantitative estimate of drug-likeness (QED) is 0.816. The Labute approximate surface area is 109 Å². The molecule has 2 rings (SSSR count). The molecule has 1 aromatic rings. The third kappa shape index (κ3) is 3.14. The van der Waals surface area contributed by atoms with Gasteiger partial charge in [-0.15, -0.1) is 0 Å². The Bertz CT molecular complexity index is 359. The first-order valence-corrected chi connectivity index (χ1v) is 6.93. The second kappa shape index (κ2) is 6.27. The van der Waals surface area contributed by atoms with Gasteiger partial charge in [-0.05, 0) is 56.3 Å². The lowest BCUT2D eigenvalue weighted by atomic mass is 10.1. The number of nitrogens with two attached hydrogens (primary N) is 1. The number of unbranched alkanes of at least 4 members (excludes halogenated alkanes) is 1. The monoisotopic (exact) mass is 252 g/mol. The summed E-state index contributed by atoms with van der Waals surface area (Å²) in [5.74, 6) is 0. The zero-order chi connectivity index (χ0) is 12.1. The number of halogens is 1. The first kappa shape index (κ1) is 12.7. The van der Waals surface area contributed by atoms with Crippen molar-refractivity contribution in [2.45, 2.75) is 32.1 Å². The minimum Gasteiger partial charge on any atom is -0.371 e.